The van der Waals surface area contributed by atoms with Crippen molar-refractivity contribution in [2.24, 2.45) is 0 Å². The minimum absolute atomic E-state index is 0.246. The number of ether oxygens (including phenoxy) is 2. The smallest absolute Gasteiger partial charge is 0.349 e. The number of fused-ring (bicyclic) bond motifs is 1. The van der Waals surface area contributed by atoms with Crippen molar-refractivity contribution in [3.8, 4) is 17.6 Å². The summed E-state index contributed by atoms with van der Waals surface area (Å²) in [6.45, 7) is 1.59. The van der Waals surface area contributed by atoms with Crippen molar-refractivity contribution in [3.05, 3.63) is 70.1 Å². The monoisotopic (exact) mass is 349 g/mol. The molecular weight excluding hydrogens is 334 g/mol. The number of hydrogen-bond acceptors (Lipinski definition) is 6. The molecule has 3 rings (SSSR count). The Balaban J connectivity index is 1.73. The van der Waals surface area contributed by atoms with Crippen LogP contribution in [0.1, 0.15) is 18.1 Å². The van der Waals surface area contributed by atoms with Crippen molar-refractivity contribution < 1.29 is 18.7 Å². The molecule has 6 nitrogen and oxygen atoms in total. The molecule has 0 saturated carbocycles. The van der Waals surface area contributed by atoms with Crippen molar-refractivity contribution >= 4 is 16.9 Å². The van der Waals surface area contributed by atoms with Crippen LogP contribution in [-0.4, -0.2) is 12.6 Å². The van der Waals surface area contributed by atoms with Crippen LogP contribution in [0.25, 0.3) is 11.0 Å². The van der Waals surface area contributed by atoms with Crippen molar-refractivity contribution in [1.29, 1.82) is 5.26 Å². The lowest BCUT2D eigenvalue weighted by Gasteiger charge is -2.09. The Hall–Kier alpha value is -3.59. The highest BCUT2D eigenvalue weighted by Gasteiger charge is 2.11. The first-order chi connectivity index (χ1) is 12.6. The molecule has 0 spiro atoms. The first-order valence-electron chi connectivity index (χ1n) is 8.00. The van der Waals surface area contributed by atoms with Crippen molar-refractivity contribution in [3.63, 3.8) is 0 Å². The standard InChI is InChI=1S/C20H15NO5/c1-2-13-9-19(22)26-18-10-15(7-8-16(13)18)25-20(23)12-24-17-6-4-3-5-14(17)11-21/h3-10H,2,12H2,1H3. The van der Waals surface area contributed by atoms with E-state index in [2.05, 4.69) is 0 Å². The van der Waals surface area contributed by atoms with Crippen LogP contribution in [-0.2, 0) is 11.2 Å². The first kappa shape index (κ1) is 17.2. The SMILES string of the molecule is CCc1cc(=O)oc2cc(OC(=O)COc3ccccc3C#N)ccc12. The van der Waals surface area contributed by atoms with E-state index in [9.17, 15) is 9.59 Å². The zero-order chi connectivity index (χ0) is 18.5. The van der Waals surface area contributed by atoms with Gasteiger partial charge in [0.15, 0.2) is 6.61 Å². The Morgan fingerprint density at radius 2 is 2.00 bits per heavy atom. The number of para-hydroxylation sites is 1. The van der Waals surface area contributed by atoms with Gasteiger partial charge in [0.1, 0.15) is 23.2 Å². The van der Waals surface area contributed by atoms with Crippen LogP contribution in [0.15, 0.2) is 57.7 Å². The molecule has 0 saturated heterocycles. The molecule has 0 N–H and O–H groups in total. The topological polar surface area (TPSA) is 89.5 Å². The normalized spacial score (nSPS) is 10.3. The maximum atomic E-state index is 12.0. The zero-order valence-electron chi connectivity index (χ0n) is 14.0. The van der Waals surface area contributed by atoms with Crippen LogP contribution in [0.2, 0.25) is 0 Å². The van der Waals surface area contributed by atoms with Gasteiger partial charge >= 0.3 is 11.6 Å². The van der Waals surface area contributed by atoms with E-state index in [4.69, 9.17) is 19.2 Å². The van der Waals surface area contributed by atoms with Gasteiger partial charge < -0.3 is 13.9 Å². The number of hydrogen-bond donors (Lipinski definition) is 0. The third kappa shape index (κ3) is 3.73. The lowest BCUT2D eigenvalue weighted by atomic mass is 10.1. The van der Waals surface area contributed by atoms with E-state index >= 15 is 0 Å². The molecule has 0 radical (unpaired) electrons. The van der Waals surface area contributed by atoms with Gasteiger partial charge in [-0.2, -0.15) is 5.26 Å². The maximum absolute atomic E-state index is 12.0. The van der Waals surface area contributed by atoms with Crippen LogP contribution in [0.5, 0.6) is 11.5 Å². The maximum Gasteiger partial charge on any atom is 0.349 e. The molecular formula is C20H15NO5. The van der Waals surface area contributed by atoms with E-state index in [0.717, 1.165) is 10.9 Å². The summed E-state index contributed by atoms with van der Waals surface area (Å²) in [5.41, 5.74) is 1.11. The molecule has 26 heavy (non-hydrogen) atoms. The number of nitriles is 1. The summed E-state index contributed by atoms with van der Waals surface area (Å²) >= 11 is 0. The van der Waals surface area contributed by atoms with E-state index in [1.807, 2.05) is 13.0 Å². The summed E-state index contributed by atoms with van der Waals surface area (Å²) in [4.78, 5) is 23.6. The molecule has 0 atom stereocenters. The summed E-state index contributed by atoms with van der Waals surface area (Å²) in [5.74, 6) is -0.0776. The Morgan fingerprint density at radius 1 is 1.19 bits per heavy atom. The van der Waals surface area contributed by atoms with Crippen LogP contribution in [0, 0.1) is 11.3 Å². The molecule has 0 bridgehead atoms. The molecule has 2 aromatic carbocycles. The molecule has 0 unspecified atom stereocenters. The van der Waals surface area contributed by atoms with Gasteiger partial charge in [-0.1, -0.05) is 19.1 Å². The van der Waals surface area contributed by atoms with Gasteiger partial charge in [-0.3, -0.25) is 0 Å². The summed E-state index contributed by atoms with van der Waals surface area (Å²) in [6, 6.07) is 14.9. The van der Waals surface area contributed by atoms with Crippen molar-refractivity contribution in [2.75, 3.05) is 6.61 Å². The van der Waals surface area contributed by atoms with Crippen LogP contribution < -0.4 is 15.1 Å². The van der Waals surface area contributed by atoms with E-state index in [1.165, 1.54) is 12.1 Å². The van der Waals surface area contributed by atoms with E-state index < -0.39 is 11.6 Å². The fourth-order valence-electron chi connectivity index (χ4n) is 2.55. The summed E-state index contributed by atoms with van der Waals surface area (Å²) < 4.78 is 15.7. The van der Waals surface area contributed by atoms with Gasteiger partial charge in [0, 0.05) is 17.5 Å². The van der Waals surface area contributed by atoms with Gasteiger partial charge in [-0.15, -0.1) is 0 Å². The quantitative estimate of drug-likeness (QED) is 0.399. The average Bonchev–Trinajstić information content (AvgIpc) is 2.65. The molecule has 6 heteroatoms. The lowest BCUT2D eigenvalue weighted by Crippen LogP contribution is -2.18. The summed E-state index contributed by atoms with van der Waals surface area (Å²) in [6.07, 6.45) is 0.688. The number of nitrogens with zero attached hydrogens (tertiary/aromatic N) is 1. The molecule has 0 aliphatic carbocycles. The highest BCUT2D eigenvalue weighted by Crippen LogP contribution is 2.23. The van der Waals surface area contributed by atoms with Gasteiger partial charge in [0.05, 0.1) is 5.56 Å². The highest BCUT2D eigenvalue weighted by molar-refractivity contribution is 5.83. The van der Waals surface area contributed by atoms with E-state index in [1.54, 1.807) is 36.4 Å². The molecule has 1 aromatic heterocycles. The van der Waals surface area contributed by atoms with Crippen LogP contribution >= 0.6 is 0 Å². The lowest BCUT2D eigenvalue weighted by molar-refractivity contribution is -0.136. The minimum Gasteiger partial charge on any atom is -0.481 e. The average molecular weight is 349 g/mol. The number of carbonyl (C=O) groups is 1. The Morgan fingerprint density at radius 3 is 2.77 bits per heavy atom. The summed E-state index contributed by atoms with van der Waals surface area (Å²) in [5, 5.41) is 9.80. The molecule has 130 valence electrons. The van der Waals surface area contributed by atoms with Gasteiger partial charge in [0.25, 0.3) is 0 Å². The molecule has 0 fully saturated rings. The molecule has 3 aromatic rings. The minimum atomic E-state index is -0.633. The number of rotatable bonds is 5. The van der Waals surface area contributed by atoms with E-state index in [0.29, 0.717) is 23.3 Å². The van der Waals surface area contributed by atoms with Crippen molar-refractivity contribution in [2.45, 2.75) is 13.3 Å². The number of carbonyl (C=O) groups excluding carboxylic acids is 1. The molecule has 1 heterocycles. The van der Waals surface area contributed by atoms with Crippen molar-refractivity contribution in [1.82, 2.24) is 0 Å². The number of benzene rings is 2. The van der Waals surface area contributed by atoms with Crippen LogP contribution in [0.4, 0.5) is 0 Å². The highest BCUT2D eigenvalue weighted by atomic mass is 16.6. The third-order valence-electron chi connectivity index (χ3n) is 3.77. The van der Waals surface area contributed by atoms with Gasteiger partial charge in [-0.25, -0.2) is 9.59 Å². The second kappa shape index (κ2) is 7.53. The predicted molar refractivity (Wildman–Crippen MR) is 94.1 cm³/mol. The molecule has 0 aliphatic heterocycles. The van der Waals surface area contributed by atoms with Crippen LogP contribution in [0.3, 0.4) is 0 Å². The second-order valence-electron chi connectivity index (χ2n) is 5.47. The zero-order valence-corrected chi connectivity index (χ0v) is 14.0. The van der Waals surface area contributed by atoms with Gasteiger partial charge in [0.2, 0.25) is 0 Å². The Labute approximate surface area is 149 Å². The first-order valence-corrected chi connectivity index (χ1v) is 8.00. The largest absolute Gasteiger partial charge is 0.481 e. The van der Waals surface area contributed by atoms with Gasteiger partial charge in [-0.05, 0) is 36.2 Å². The Kier molecular flexibility index (Phi) is 4.99. The Bertz CT molecular complexity index is 1060. The van der Waals surface area contributed by atoms with E-state index in [-0.39, 0.29) is 12.4 Å². The molecule has 0 amide bonds. The molecule has 0 aliphatic rings. The fraction of sp³-hybridized carbons (Fsp3) is 0.150. The number of aryl methyl sites for hydroxylation is 1. The predicted octanol–water partition coefficient (Wildman–Crippen LogP) is 3.21. The third-order valence-corrected chi connectivity index (χ3v) is 3.77. The fourth-order valence-corrected chi connectivity index (χ4v) is 2.55. The summed E-state index contributed by atoms with van der Waals surface area (Å²) in [7, 11) is 0. The second-order valence-corrected chi connectivity index (χ2v) is 5.47. The number of esters is 1.